The molecule has 0 aliphatic carbocycles. The first-order valence-electron chi connectivity index (χ1n) is 20.4. The van der Waals surface area contributed by atoms with Gasteiger partial charge in [-0.1, -0.05) is 71.7 Å². The summed E-state index contributed by atoms with van der Waals surface area (Å²) in [6.07, 6.45) is -67.7. The Bertz CT molecular complexity index is 1760. The third kappa shape index (κ3) is 13.4. The molecule has 0 heterocycles. The largest absolute Gasteiger partial charge is 0.430 e. The maximum atomic E-state index is 14.7. The molecule has 1 aromatic carbocycles. The lowest BCUT2D eigenvalue weighted by molar-refractivity contribution is -0.397. The van der Waals surface area contributed by atoms with E-state index in [-0.39, 0.29) is 25.0 Å². The van der Waals surface area contributed by atoms with E-state index >= 15 is 0 Å². The molecule has 1 aromatic rings. The van der Waals surface area contributed by atoms with Crippen molar-refractivity contribution >= 4 is 0 Å². The highest BCUT2D eigenvalue weighted by Crippen LogP contribution is 2.58. The highest BCUT2D eigenvalue weighted by Gasteiger charge is 2.77. The van der Waals surface area contributed by atoms with Gasteiger partial charge in [0.15, 0.2) is 0 Å². The van der Waals surface area contributed by atoms with Crippen molar-refractivity contribution in [2.45, 2.75) is 176 Å². The summed E-state index contributed by atoms with van der Waals surface area (Å²) in [5.41, 5.74) is -32.5. The Kier molecular flexibility index (Phi) is 20.3. The zero-order chi connectivity index (χ0) is 55.5. The van der Waals surface area contributed by atoms with Gasteiger partial charge in [0.05, 0.1) is 31.5 Å². The van der Waals surface area contributed by atoms with Crippen LogP contribution in [0.2, 0.25) is 0 Å². The van der Waals surface area contributed by atoms with Gasteiger partial charge in [0.2, 0.25) is 0 Å². The normalized spacial score (nSPS) is 17.0. The number of alkyl halides is 24. The number of halogens is 24. The number of hydrogen-bond donors (Lipinski definition) is 2. The fourth-order valence-corrected chi connectivity index (χ4v) is 7.10. The van der Waals surface area contributed by atoms with Gasteiger partial charge in [0, 0.05) is 17.5 Å². The Balaban J connectivity index is 4.01. The van der Waals surface area contributed by atoms with E-state index in [1.54, 1.807) is 6.92 Å². The molecular formula is C40H48F24O6. The Hall–Kier alpha value is -2.96. The average molecular weight is 1080 g/mol. The molecule has 0 spiro atoms. The first-order chi connectivity index (χ1) is 31.1. The molecule has 0 radical (unpaired) electrons. The molecule has 0 saturated heterocycles. The van der Waals surface area contributed by atoms with Gasteiger partial charge in [-0.05, 0) is 50.2 Å². The van der Waals surface area contributed by atoms with Crippen molar-refractivity contribution in [2.75, 3.05) is 19.8 Å². The standard InChI is InChI=1S/C40H48F24O6/c1-7-15-27(5,8-2)19-25(65)20-68-31(37(53,54)55,38(56,57)58)23-13-11-14-24(18-23)32(39(59,60)61,40(62,63)64)69-22-26(66)21-67-29(33(41,42)43,34(44,45)46)16-12-17-30(35(47,48)49,36(50,51)52)70-28(6,9-3)10-4/h11-14,17-18,25-26,65-66H,7-10,15-16,19-22H2,1-6H3/b17-12+. The van der Waals surface area contributed by atoms with E-state index in [0.717, 1.165) is 13.8 Å². The van der Waals surface area contributed by atoms with E-state index in [1.165, 1.54) is 13.8 Å². The smallest absolute Gasteiger partial charge is 0.391 e. The van der Waals surface area contributed by atoms with Gasteiger partial charge >= 0.3 is 49.4 Å². The van der Waals surface area contributed by atoms with Gasteiger partial charge < -0.3 is 29.2 Å². The first-order valence-corrected chi connectivity index (χ1v) is 20.4. The molecule has 0 saturated carbocycles. The summed E-state index contributed by atoms with van der Waals surface area (Å²) >= 11 is 0. The summed E-state index contributed by atoms with van der Waals surface area (Å²) < 4.78 is 362. The SMILES string of the molecule is CCCC(C)(CC)CC(O)COC(c1cccc(C(OCC(O)COC(C/C=C/C(OC(C)(CC)CC)(C(F)(F)F)C(F)(F)F)(C(F)(F)F)C(F)(F)F)(C(F)(F)F)C(F)(F)F)c1)(C(F)(F)F)C(F)(F)F. The summed E-state index contributed by atoms with van der Waals surface area (Å²) in [6, 6.07) is -2.00. The van der Waals surface area contributed by atoms with Crippen LogP contribution in [0.3, 0.4) is 0 Å². The van der Waals surface area contributed by atoms with Crippen molar-refractivity contribution in [3.63, 3.8) is 0 Å². The highest BCUT2D eigenvalue weighted by atomic mass is 19.4. The van der Waals surface area contributed by atoms with Crippen LogP contribution >= 0.6 is 0 Å². The molecular weight excluding hydrogens is 1030 g/mol. The molecule has 0 aromatic heterocycles. The molecule has 70 heavy (non-hydrogen) atoms. The summed E-state index contributed by atoms with van der Waals surface area (Å²) in [5.74, 6) is 0. The van der Waals surface area contributed by atoms with Crippen LogP contribution in [-0.2, 0) is 30.1 Å². The Labute approximate surface area is 383 Å². The number of hydrogen-bond acceptors (Lipinski definition) is 6. The van der Waals surface area contributed by atoms with Crippen molar-refractivity contribution in [1.29, 1.82) is 0 Å². The quantitative estimate of drug-likeness (QED) is 0.0840. The van der Waals surface area contributed by atoms with E-state index < -0.39 is 176 Å². The van der Waals surface area contributed by atoms with Gasteiger partial charge in [-0.15, -0.1) is 0 Å². The van der Waals surface area contributed by atoms with Crippen LogP contribution in [-0.4, -0.2) is 108 Å². The maximum absolute atomic E-state index is 14.7. The van der Waals surface area contributed by atoms with E-state index in [0.29, 0.717) is 13.3 Å². The molecule has 0 aliphatic rings. The zero-order valence-electron chi connectivity index (χ0n) is 37.3. The van der Waals surface area contributed by atoms with Crippen molar-refractivity contribution < 1.29 is 135 Å². The monoisotopic (exact) mass is 1080 g/mol. The van der Waals surface area contributed by atoms with Gasteiger partial charge in [-0.25, -0.2) is 0 Å². The van der Waals surface area contributed by atoms with Crippen LogP contribution in [0.4, 0.5) is 105 Å². The summed E-state index contributed by atoms with van der Waals surface area (Å²) in [7, 11) is 0. The molecule has 1 rings (SSSR count). The van der Waals surface area contributed by atoms with Crippen molar-refractivity contribution in [3.05, 3.63) is 47.5 Å². The van der Waals surface area contributed by atoms with Gasteiger partial charge in [0.1, 0.15) is 6.10 Å². The van der Waals surface area contributed by atoms with Gasteiger partial charge in [-0.2, -0.15) is 105 Å². The molecule has 0 bridgehead atoms. The lowest BCUT2D eigenvalue weighted by Gasteiger charge is -2.42. The topological polar surface area (TPSA) is 77.4 Å². The maximum Gasteiger partial charge on any atom is 0.430 e. The Morgan fingerprint density at radius 3 is 1.19 bits per heavy atom. The van der Waals surface area contributed by atoms with E-state index in [2.05, 4.69) is 18.9 Å². The minimum atomic E-state index is -7.14. The van der Waals surface area contributed by atoms with Crippen LogP contribution in [0, 0.1) is 5.41 Å². The van der Waals surface area contributed by atoms with Crippen LogP contribution in [0.5, 0.6) is 0 Å². The van der Waals surface area contributed by atoms with Crippen molar-refractivity contribution in [1.82, 2.24) is 0 Å². The number of ether oxygens (including phenoxy) is 4. The molecule has 2 N–H and O–H groups in total. The molecule has 412 valence electrons. The zero-order valence-corrected chi connectivity index (χ0v) is 37.3. The van der Waals surface area contributed by atoms with Crippen LogP contribution in [0.25, 0.3) is 0 Å². The molecule has 6 nitrogen and oxygen atoms in total. The molecule has 0 fully saturated rings. The number of rotatable bonds is 23. The second-order valence-corrected chi connectivity index (χ2v) is 16.7. The number of benzene rings is 1. The fourth-order valence-electron chi connectivity index (χ4n) is 7.10. The van der Waals surface area contributed by atoms with Crippen LogP contribution in [0.1, 0.15) is 97.6 Å². The summed E-state index contributed by atoms with van der Waals surface area (Å²) in [5, 5.41) is 20.6. The van der Waals surface area contributed by atoms with E-state index in [9.17, 15) is 116 Å². The second kappa shape index (κ2) is 21.9. The first kappa shape index (κ1) is 65.1. The van der Waals surface area contributed by atoms with Gasteiger partial charge in [0.25, 0.3) is 22.4 Å². The highest BCUT2D eigenvalue weighted by molar-refractivity contribution is 5.37. The third-order valence-corrected chi connectivity index (χ3v) is 11.6. The molecule has 0 amide bonds. The van der Waals surface area contributed by atoms with Crippen LogP contribution in [0.15, 0.2) is 36.4 Å². The molecule has 0 aliphatic heterocycles. The number of aliphatic hydroxyl groups is 2. The third-order valence-electron chi connectivity index (χ3n) is 11.6. The molecule has 3 unspecified atom stereocenters. The number of aliphatic hydroxyl groups excluding tert-OH is 2. The Morgan fingerprint density at radius 1 is 0.500 bits per heavy atom. The average Bonchev–Trinajstić information content (AvgIpc) is 3.15. The van der Waals surface area contributed by atoms with Crippen LogP contribution < -0.4 is 0 Å². The lowest BCUT2D eigenvalue weighted by Crippen LogP contribution is -2.61. The minimum absolute atomic E-state index is 0.190. The lowest BCUT2D eigenvalue weighted by atomic mass is 9.78. The summed E-state index contributed by atoms with van der Waals surface area (Å²) in [6.45, 7) is -0.270. The van der Waals surface area contributed by atoms with E-state index in [4.69, 9.17) is 0 Å². The molecule has 3 atom stereocenters. The minimum Gasteiger partial charge on any atom is -0.391 e. The summed E-state index contributed by atoms with van der Waals surface area (Å²) in [4.78, 5) is 0. The molecule has 30 heteroatoms. The van der Waals surface area contributed by atoms with Crippen molar-refractivity contribution in [2.24, 2.45) is 5.41 Å². The predicted octanol–water partition coefficient (Wildman–Crippen LogP) is 14.0. The fraction of sp³-hybridized carbons (Fsp3) is 0.800. The predicted molar refractivity (Wildman–Crippen MR) is 195 cm³/mol. The Morgan fingerprint density at radius 2 is 0.871 bits per heavy atom. The van der Waals surface area contributed by atoms with Crippen molar-refractivity contribution in [3.8, 4) is 0 Å². The second-order valence-electron chi connectivity index (χ2n) is 16.7. The van der Waals surface area contributed by atoms with Gasteiger partial charge in [-0.3, -0.25) is 0 Å². The van der Waals surface area contributed by atoms with E-state index in [1.807, 2.05) is 0 Å².